The lowest BCUT2D eigenvalue weighted by atomic mass is 10.1. The summed E-state index contributed by atoms with van der Waals surface area (Å²) < 4.78 is 0. The molecule has 3 nitrogen and oxygen atoms in total. The van der Waals surface area contributed by atoms with Crippen LogP contribution in [0.5, 0.6) is 5.75 Å². The molecule has 1 aliphatic rings. The topological polar surface area (TPSA) is 35.5 Å². The lowest BCUT2D eigenvalue weighted by Crippen LogP contribution is -1.87. The van der Waals surface area contributed by atoms with Crippen LogP contribution in [0.4, 0.5) is 0 Å². The Kier molecular flexibility index (Phi) is 1.36. The molecule has 0 fully saturated rings. The van der Waals surface area contributed by atoms with Crippen LogP contribution in [0.1, 0.15) is 11.1 Å². The normalized spacial score (nSPS) is 13.8. The van der Waals surface area contributed by atoms with Crippen LogP contribution in [0.3, 0.4) is 0 Å². The average Bonchev–Trinajstić information content (AvgIpc) is 2.50. The summed E-state index contributed by atoms with van der Waals surface area (Å²) >= 11 is 0. The van der Waals surface area contributed by atoms with Crippen molar-refractivity contribution in [3.63, 3.8) is 0 Å². The van der Waals surface area contributed by atoms with Gasteiger partial charge < -0.3 is 4.89 Å². The van der Waals surface area contributed by atoms with Crippen molar-refractivity contribution in [2.45, 2.75) is 6.61 Å². The Bertz CT molecular complexity index is 293. The van der Waals surface area contributed by atoms with Gasteiger partial charge in [0.25, 0.3) is 0 Å². The molecule has 11 heavy (non-hydrogen) atoms. The van der Waals surface area contributed by atoms with Gasteiger partial charge in [-0.15, -0.1) is 0 Å². The van der Waals surface area contributed by atoms with Crippen LogP contribution in [0.15, 0.2) is 18.2 Å². The van der Waals surface area contributed by atoms with E-state index in [1.165, 1.54) is 0 Å². The number of hydrogen-bond acceptors (Lipinski definition) is 3. The molecule has 0 atom stereocenters. The zero-order valence-corrected chi connectivity index (χ0v) is 5.66. The number of fused-ring (bicyclic) bond motifs is 1. The fraction of sp³-hybridized carbons (Fsp3) is 0.125. The third kappa shape index (κ3) is 0.897. The lowest BCUT2D eigenvalue weighted by molar-refractivity contribution is -0.194. The summed E-state index contributed by atoms with van der Waals surface area (Å²) in [6.07, 6.45) is 1.77. The second-order valence-electron chi connectivity index (χ2n) is 2.24. The molecule has 1 heterocycles. The molecule has 0 unspecified atom stereocenters. The fourth-order valence-corrected chi connectivity index (χ4v) is 1.03. The summed E-state index contributed by atoms with van der Waals surface area (Å²) in [6.45, 7) is 0.408. The van der Waals surface area contributed by atoms with E-state index in [2.05, 4.69) is 4.89 Å². The summed E-state index contributed by atoms with van der Waals surface area (Å²) in [5, 5.41) is 0. The number of para-hydroxylation sites is 1. The Hall–Kier alpha value is -1.35. The molecule has 0 N–H and O–H groups in total. The predicted molar refractivity (Wildman–Crippen MR) is 36.7 cm³/mol. The van der Waals surface area contributed by atoms with E-state index in [0.717, 1.165) is 5.56 Å². The Balaban J connectivity index is 2.58. The zero-order chi connectivity index (χ0) is 7.68. The van der Waals surface area contributed by atoms with Crippen LogP contribution in [0.25, 0.3) is 0 Å². The molecule has 0 saturated heterocycles. The highest BCUT2D eigenvalue weighted by atomic mass is 17.2. The fourth-order valence-electron chi connectivity index (χ4n) is 1.03. The van der Waals surface area contributed by atoms with Crippen LogP contribution in [0.2, 0.25) is 0 Å². The molecule has 0 saturated carbocycles. The maximum atomic E-state index is 10.3. The largest absolute Gasteiger partial charge is 0.336 e. The first-order valence-electron chi connectivity index (χ1n) is 3.21. The summed E-state index contributed by atoms with van der Waals surface area (Å²) in [7, 11) is 0. The molecule has 1 aromatic rings. The maximum Gasteiger partial charge on any atom is 0.237 e. The minimum atomic E-state index is 0.408. The van der Waals surface area contributed by atoms with E-state index in [-0.39, 0.29) is 0 Å². The summed E-state index contributed by atoms with van der Waals surface area (Å²) in [6, 6.07) is 5.26. The maximum absolute atomic E-state index is 10.3. The summed E-state index contributed by atoms with van der Waals surface area (Å²) in [4.78, 5) is 19.7. The van der Waals surface area contributed by atoms with Crippen molar-refractivity contribution in [1.82, 2.24) is 0 Å². The summed E-state index contributed by atoms with van der Waals surface area (Å²) in [5.74, 6) is 0.502. The van der Waals surface area contributed by atoms with Crippen LogP contribution in [0, 0.1) is 0 Å². The molecule has 55 valence electrons. The molecule has 1 aromatic carbocycles. The number of hydrogen-bond donors (Lipinski definition) is 0. The van der Waals surface area contributed by atoms with Gasteiger partial charge >= 0.3 is 0 Å². The van der Waals surface area contributed by atoms with Crippen LogP contribution in [-0.2, 0) is 16.3 Å². The molecule has 2 rings (SSSR count). The van der Waals surface area contributed by atoms with Crippen molar-refractivity contribution >= 4 is 6.29 Å². The molecule has 0 aromatic heterocycles. The van der Waals surface area contributed by atoms with Gasteiger partial charge in [0, 0.05) is 5.56 Å². The van der Waals surface area contributed by atoms with Crippen molar-refractivity contribution in [2.75, 3.05) is 0 Å². The lowest BCUT2D eigenvalue weighted by Gasteiger charge is -1.95. The van der Waals surface area contributed by atoms with E-state index in [0.29, 0.717) is 17.9 Å². The van der Waals surface area contributed by atoms with Crippen LogP contribution >= 0.6 is 0 Å². The average molecular weight is 149 g/mol. The zero-order valence-electron chi connectivity index (χ0n) is 5.66. The first kappa shape index (κ1) is 6.37. The molecule has 1 radical (unpaired) electrons. The molecule has 0 spiro atoms. The third-order valence-corrected chi connectivity index (χ3v) is 1.56. The van der Waals surface area contributed by atoms with Crippen molar-refractivity contribution < 1.29 is 14.6 Å². The number of carbonyl (C=O) groups excluding carboxylic acids is 1. The minimum Gasteiger partial charge on any atom is -0.336 e. The minimum absolute atomic E-state index is 0.408. The van der Waals surface area contributed by atoms with E-state index in [4.69, 9.17) is 4.89 Å². The van der Waals surface area contributed by atoms with Crippen molar-refractivity contribution in [3.05, 3.63) is 29.3 Å². The molecule has 0 amide bonds. The van der Waals surface area contributed by atoms with E-state index in [1.54, 1.807) is 18.4 Å². The van der Waals surface area contributed by atoms with E-state index >= 15 is 0 Å². The molecule has 3 heteroatoms. The first-order valence-corrected chi connectivity index (χ1v) is 3.21. The number of benzene rings is 1. The van der Waals surface area contributed by atoms with Crippen LogP contribution < -0.4 is 4.89 Å². The van der Waals surface area contributed by atoms with Crippen molar-refractivity contribution in [1.29, 1.82) is 0 Å². The molecular formula is C8H5O3. The van der Waals surface area contributed by atoms with E-state index in [1.807, 2.05) is 6.07 Å². The van der Waals surface area contributed by atoms with Gasteiger partial charge in [-0.2, -0.15) is 4.89 Å². The van der Waals surface area contributed by atoms with Gasteiger partial charge in [0.15, 0.2) is 5.75 Å². The second-order valence-corrected chi connectivity index (χ2v) is 2.24. The van der Waals surface area contributed by atoms with Gasteiger partial charge in [0.05, 0.1) is 5.56 Å². The first-order chi connectivity index (χ1) is 5.42. The Morgan fingerprint density at radius 3 is 3.18 bits per heavy atom. The molecular weight excluding hydrogens is 144 g/mol. The van der Waals surface area contributed by atoms with Gasteiger partial charge in [-0.25, -0.2) is 0 Å². The van der Waals surface area contributed by atoms with E-state index in [9.17, 15) is 4.79 Å². The van der Waals surface area contributed by atoms with Gasteiger partial charge in [-0.3, -0.25) is 4.79 Å². The molecule has 0 aliphatic carbocycles. The van der Waals surface area contributed by atoms with Gasteiger partial charge in [0.1, 0.15) is 6.61 Å². The monoisotopic (exact) mass is 149 g/mol. The van der Waals surface area contributed by atoms with Crippen LogP contribution in [-0.4, -0.2) is 6.29 Å². The molecule has 1 aliphatic heterocycles. The van der Waals surface area contributed by atoms with Crippen molar-refractivity contribution in [2.24, 2.45) is 0 Å². The predicted octanol–water partition coefficient (Wildman–Crippen LogP) is 0.968. The quantitative estimate of drug-likeness (QED) is 0.558. The van der Waals surface area contributed by atoms with Gasteiger partial charge in [-0.1, -0.05) is 12.1 Å². The Labute approximate surface area is 63.5 Å². The smallest absolute Gasteiger partial charge is 0.237 e. The number of rotatable bonds is 1. The molecule has 0 bridgehead atoms. The van der Waals surface area contributed by atoms with E-state index < -0.39 is 0 Å². The highest BCUT2D eigenvalue weighted by molar-refractivity contribution is 5.80. The Morgan fingerprint density at radius 2 is 2.36 bits per heavy atom. The second kappa shape index (κ2) is 2.36. The SMILES string of the molecule is O=[C]c1cccc2c1OOC2. The van der Waals surface area contributed by atoms with Crippen molar-refractivity contribution in [3.8, 4) is 5.75 Å². The summed E-state index contributed by atoms with van der Waals surface area (Å²) in [5.41, 5.74) is 1.31. The third-order valence-electron chi connectivity index (χ3n) is 1.56. The van der Waals surface area contributed by atoms with Gasteiger partial charge in [0.2, 0.25) is 6.29 Å². The van der Waals surface area contributed by atoms with Gasteiger partial charge in [-0.05, 0) is 6.07 Å². The highest BCUT2D eigenvalue weighted by Crippen LogP contribution is 2.28. The Morgan fingerprint density at radius 1 is 1.45 bits per heavy atom. The highest BCUT2D eigenvalue weighted by Gasteiger charge is 2.17. The standard InChI is InChI=1S/C8H5O3/c9-4-6-2-1-3-7-5-10-11-8(6)7/h1-3H,5H2.